The van der Waals surface area contributed by atoms with Gasteiger partial charge in [-0.05, 0) is 59.7 Å². The Morgan fingerprint density at radius 3 is 1.41 bits per heavy atom. The van der Waals surface area contributed by atoms with E-state index in [4.69, 9.17) is 51.6 Å². The monoisotopic (exact) mass is 918 g/mol. The van der Waals surface area contributed by atoms with E-state index in [1.54, 1.807) is 0 Å². The van der Waals surface area contributed by atoms with E-state index < -0.39 is 61.3 Å². The highest BCUT2D eigenvalue weighted by molar-refractivity contribution is 6.31. The number of esters is 2. The van der Waals surface area contributed by atoms with Crippen LogP contribution in [0.2, 0.25) is 10.0 Å². The van der Waals surface area contributed by atoms with Gasteiger partial charge in [0, 0.05) is 37.0 Å². The lowest BCUT2D eigenvalue weighted by atomic mass is 10.1. The quantitative estimate of drug-likeness (QED) is 0.0950. The highest BCUT2D eigenvalue weighted by Gasteiger charge is 2.23. The van der Waals surface area contributed by atoms with Crippen molar-refractivity contribution in [3.05, 3.63) is 137 Å². The van der Waals surface area contributed by atoms with Crippen LogP contribution in [0.1, 0.15) is 46.7 Å². The molecule has 0 saturated carbocycles. The van der Waals surface area contributed by atoms with E-state index in [1.165, 1.54) is 89.0 Å². The standard InChI is InChI=1S/C42H34Cl2F2N8O10/c1-51-33(15-25-5-7-31(59-3)39(37(25)45)63-29-13-23(19-47)11-27(43)17-29)49-53(41(51)57)21-61-35(55)9-10-36(56)62-22-54-42(58)52(2)34(50-54)16-26-6-8-32(60-4)40(38(26)46)64-30-14-24(20-48)12-28(44)18-30/h5-8,11-14,17-18H,9-10,15-16,21-22H2,1-4H3. The molecule has 0 atom stereocenters. The molecule has 0 unspecified atom stereocenters. The van der Waals surface area contributed by atoms with Crippen molar-refractivity contribution < 1.29 is 46.8 Å². The minimum atomic E-state index is -0.886. The van der Waals surface area contributed by atoms with Crippen molar-refractivity contribution in [3.63, 3.8) is 0 Å². The number of carbonyl (C=O) groups excluding carboxylic acids is 2. The number of benzene rings is 4. The lowest BCUT2D eigenvalue weighted by Gasteiger charge is -2.14. The lowest BCUT2D eigenvalue weighted by molar-refractivity contribution is -0.154. The molecule has 22 heteroatoms. The Morgan fingerprint density at radius 2 is 1.05 bits per heavy atom. The largest absolute Gasteiger partial charge is 0.493 e. The van der Waals surface area contributed by atoms with Gasteiger partial charge in [0.05, 0.1) is 50.3 Å². The fraction of sp³-hybridized carbons (Fsp3) is 0.238. The topological polar surface area (TPSA) is 217 Å². The van der Waals surface area contributed by atoms with Crippen LogP contribution in [0.5, 0.6) is 34.5 Å². The zero-order valence-corrected chi connectivity index (χ0v) is 35.7. The normalized spacial score (nSPS) is 10.8. The number of nitrogens with zero attached hydrogens (tertiary/aromatic N) is 8. The smallest absolute Gasteiger partial charge is 0.348 e. The summed E-state index contributed by atoms with van der Waals surface area (Å²) in [7, 11) is 5.42. The molecular formula is C42H34Cl2F2N8O10. The summed E-state index contributed by atoms with van der Waals surface area (Å²) in [5.41, 5.74) is -0.869. The molecule has 0 aliphatic rings. The van der Waals surface area contributed by atoms with Crippen LogP contribution in [0.3, 0.4) is 0 Å². The van der Waals surface area contributed by atoms with E-state index in [1.807, 2.05) is 12.1 Å². The predicted octanol–water partition coefficient (Wildman–Crippen LogP) is 6.07. The molecule has 0 N–H and O–H groups in total. The molecule has 6 aromatic rings. The molecule has 0 bridgehead atoms. The number of halogens is 4. The number of hydrogen-bond acceptors (Lipinski definition) is 14. The molecule has 0 saturated heterocycles. The van der Waals surface area contributed by atoms with Crippen molar-refractivity contribution in [1.82, 2.24) is 28.7 Å². The lowest BCUT2D eigenvalue weighted by Crippen LogP contribution is -2.26. The third kappa shape index (κ3) is 10.5. The average Bonchev–Trinajstić information content (AvgIpc) is 3.70. The molecule has 330 valence electrons. The molecule has 4 aromatic carbocycles. The van der Waals surface area contributed by atoms with Crippen molar-refractivity contribution in [2.45, 2.75) is 39.1 Å². The second-order valence-electron chi connectivity index (χ2n) is 13.6. The summed E-state index contributed by atoms with van der Waals surface area (Å²) in [6.45, 7) is -1.26. The van der Waals surface area contributed by atoms with Crippen LogP contribution in [0, 0.1) is 34.3 Å². The number of aromatic nitrogens is 6. The fourth-order valence-corrected chi connectivity index (χ4v) is 6.50. The summed E-state index contributed by atoms with van der Waals surface area (Å²) in [6, 6.07) is 18.0. The average molecular weight is 920 g/mol. The Kier molecular flexibility index (Phi) is 14.3. The first kappa shape index (κ1) is 45.8. The van der Waals surface area contributed by atoms with Crippen molar-refractivity contribution in [2.24, 2.45) is 14.1 Å². The van der Waals surface area contributed by atoms with Gasteiger partial charge in [0.15, 0.2) is 36.6 Å². The predicted molar refractivity (Wildman–Crippen MR) is 220 cm³/mol. The first-order valence-electron chi connectivity index (χ1n) is 18.7. The number of ether oxygens (including phenoxy) is 6. The molecule has 0 aliphatic heterocycles. The minimum Gasteiger partial charge on any atom is -0.493 e. The summed E-state index contributed by atoms with van der Waals surface area (Å²) in [5.74, 6) is -3.57. The van der Waals surface area contributed by atoms with Gasteiger partial charge in [0.2, 0.25) is 11.5 Å². The minimum absolute atomic E-state index is 0.0453. The van der Waals surface area contributed by atoms with E-state index in [0.29, 0.717) is 0 Å². The Morgan fingerprint density at radius 1 is 0.656 bits per heavy atom. The SMILES string of the molecule is COc1ccc(Cc2nn(COC(=O)CCC(=O)OCn3nc(Cc4ccc(OC)c(Oc5cc(Cl)cc(C#N)c5)c4F)n(C)c3=O)c(=O)n2C)c(F)c1Oc1cc(Cl)cc(C#N)c1. The summed E-state index contributed by atoms with van der Waals surface area (Å²) in [5, 5.41) is 27.3. The van der Waals surface area contributed by atoms with Crippen LogP contribution in [-0.2, 0) is 59.5 Å². The van der Waals surface area contributed by atoms with E-state index in [9.17, 15) is 29.7 Å². The second-order valence-corrected chi connectivity index (χ2v) is 14.5. The van der Waals surface area contributed by atoms with Gasteiger partial charge in [-0.2, -0.15) is 30.1 Å². The molecule has 0 amide bonds. The van der Waals surface area contributed by atoms with Crippen molar-refractivity contribution in [1.29, 1.82) is 10.5 Å². The maximum atomic E-state index is 15.8. The van der Waals surface area contributed by atoms with Crippen LogP contribution >= 0.6 is 23.2 Å². The highest BCUT2D eigenvalue weighted by Crippen LogP contribution is 2.39. The van der Waals surface area contributed by atoms with Gasteiger partial charge in [-0.25, -0.2) is 18.4 Å². The van der Waals surface area contributed by atoms with E-state index in [2.05, 4.69) is 10.2 Å². The van der Waals surface area contributed by atoms with Gasteiger partial charge >= 0.3 is 23.3 Å². The van der Waals surface area contributed by atoms with Gasteiger partial charge in [-0.15, -0.1) is 0 Å². The molecule has 64 heavy (non-hydrogen) atoms. The van der Waals surface area contributed by atoms with Gasteiger partial charge in [-0.1, -0.05) is 35.3 Å². The van der Waals surface area contributed by atoms with Crippen molar-refractivity contribution >= 4 is 35.1 Å². The summed E-state index contributed by atoms with van der Waals surface area (Å²) < 4.78 is 67.9. The zero-order chi connectivity index (χ0) is 46.2. The molecule has 0 aliphatic carbocycles. The maximum Gasteiger partial charge on any atom is 0.348 e. The highest BCUT2D eigenvalue weighted by atomic mass is 35.5. The number of nitriles is 2. The summed E-state index contributed by atoms with van der Waals surface area (Å²) in [6.07, 6.45) is -1.33. The van der Waals surface area contributed by atoms with Crippen LogP contribution in [0.25, 0.3) is 0 Å². The Labute approximate surface area is 371 Å². The van der Waals surface area contributed by atoms with Crippen molar-refractivity contribution in [3.8, 4) is 46.6 Å². The Balaban J connectivity index is 1.03. The third-order valence-electron chi connectivity index (χ3n) is 9.35. The molecular weight excluding hydrogens is 885 g/mol. The van der Waals surface area contributed by atoms with Gasteiger partial charge in [-0.3, -0.25) is 18.7 Å². The molecule has 2 aromatic heterocycles. The number of hydrogen-bond donors (Lipinski definition) is 0. The third-order valence-corrected chi connectivity index (χ3v) is 9.79. The van der Waals surface area contributed by atoms with Gasteiger partial charge in [0.1, 0.15) is 23.1 Å². The number of rotatable bonds is 17. The van der Waals surface area contributed by atoms with Crippen LogP contribution in [0.4, 0.5) is 8.78 Å². The van der Waals surface area contributed by atoms with Gasteiger partial charge < -0.3 is 28.4 Å². The number of carbonyl (C=O) groups is 2. The fourth-order valence-electron chi connectivity index (χ4n) is 6.05. The first-order chi connectivity index (χ1) is 30.6. The molecule has 6 rings (SSSR count). The zero-order valence-electron chi connectivity index (χ0n) is 34.2. The molecule has 0 spiro atoms. The van der Waals surface area contributed by atoms with Gasteiger partial charge in [0.25, 0.3) is 0 Å². The van der Waals surface area contributed by atoms with Crippen molar-refractivity contribution in [2.75, 3.05) is 14.2 Å². The molecule has 0 fully saturated rings. The van der Waals surface area contributed by atoms with Crippen LogP contribution < -0.4 is 30.3 Å². The first-order valence-corrected chi connectivity index (χ1v) is 19.4. The molecule has 0 radical (unpaired) electrons. The maximum absolute atomic E-state index is 15.8. The second kappa shape index (κ2) is 20.0. The number of methoxy groups -OCH3 is 2. The molecule has 18 nitrogen and oxygen atoms in total. The molecule has 2 heterocycles. The van der Waals surface area contributed by atoms with E-state index in [-0.39, 0.29) is 91.3 Å². The Bertz CT molecular complexity index is 2790. The Hall–Kier alpha value is -7.68. The van der Waals surface area contributed by atoms with E-state index >= 15 is 8.78 Å². The summed E-state index contributed by atoms with van der Waals surface area (Å²) >= 11 is 12.1. The van der Waals surface area contributed by atoms with Crippen LogP contribution in [-0.4, -0.2) is 54.9 Å². The summed E-state index contributed by atoms with van der Waals surface area (Å²) in [4.78, 5) is 50.9. The van der Waals surface area contributed by atoms with Crippen LogP contribution in [0.15, 0.2) is 70.3 Å². The van der Waals surface area contributed by atoms with E-state index in [0.717, 1.165) is 18.5 Å².